The zero-order chi connectivity index (χ0) is 18.7. The number of carbonyl (C=O) groups excluding carboxylic acids is 1. The van der Waals surface area contributed by atoms with E-state index >= 15 is 0 Å². The van der Waals surface area contributed by atoms with Crippen LogP contribution in [0.5, 0.6) is 5.75 Å². The molecule has 0 spiro atoms. The van der Waals surface area contributed by atoms with Crippen molar-refractivity contribution in [1.82, 2.24) is 5.16 Å². The number of nitrogens with zero attached hydrogens (tertiary/aromatic N) is 1. The number of hydrogen-bond donors (Lipinski definition) is 1. The molecule has 5 heteroatoms. The van der Waals surface area contributed by atoms with Crippen LogP contribution in [-0.4, -0.2) is 11.1 Å². The molecule has 1 aromatic heterocycles. The molecule has 0 saturated heterocycles. The summed E-state index contributed by atoms with van der Waals surface area (Å²) in [4.78, 5) is 12.6. The molecule has 0 aliphatic rings. The predicted molar refractivity (Wildman–Crippen MR) is 101 cm³/mol. The minimum atomic E-state index is -0.311. The van der Waals surface area contributed by atoms with E-state index in [2.05, 4.69) is 16.5 Å². The number of amides is 1. The van der Waals surface area contributed by atoms with Crippen molar-refractivity contribution in [3.05, 3.63) is 76.2 Å². The van der Waals surface area contributed by atoms with E-state index in [1.165, 1.54) is 0 Å². The molecule has 26 heavy (non-hydrogen) atoms. The number of hydrogen-bond acceptors (Lipinski definition) is 4. The van der Waals surface area contributed by atoms with Crippen molar-refractivity contribution in [2.45, 2.75) is 34.3 Å². The summed E-state index contributed by atoms with van der Waals surface area (Å²) in [5, 5.41) is 6.80. The Morgan fingerprint density at radius 3 is 2.31 bits per heavy atom. The zero-order valence-corrected chi connectivity index (χ0v) is 15.4. The number of aryl methyl sites for hydroxylation is 4. The molecule has 3 aromatic rings. The van der Waals surface area contributed by atoms with Crippen molar-refractivity contribution < 1.29 is 14.1 Å². The molecule has 0 bridgehead atoms. The minimum Gasteiger partial charge on any atom is -0.489 e. The third-order valence-electron chi connectivity index (χ3n) is 4.08. The Hall–Kier alpha value is -3.08. The molecule has 0 aliphatic heterocycles. The second-order valence-electron chi connectivity index (χ2n) is 6.50. The van der Waals surface area contributed by atoms with Gasteiger partial charge >= 0.3 is 0 Å². The van der Waals surface area contributed by atoms with Gasteiger partial charge in [-0.15, -0.1) is 0 Å². The summed E-state index contributed by atoms with van der Waals surface area (Å²) >= 11 is 0. The number of ether oxygens (including phenoxy) is 1. The van der Waals surface area contributed by atoms with E-state index in [-0.39, 0.29) is 18.2 Å². The molecule has 1 heterocycles. The van der Waals surface area contributed by atoms with Gasteiger partial charge in [-0.05, 0) is 63.1 Å². The molecule has 5 nitrogen and oxygen atoms in total. The van der Waals surface area contributed by atoms with Crippen molar-refractivity contribution in [2.75, 3.05) is 5.32 Å². The molecule has 2 aromatic carbocycles. The highest BCUT2D eigenvalue weighted by molar-refractivity contribution is 6.04. The molecular formula is C21H22N2O3. The van der Waals surface area contributed by atoms with Crippen LogP contribution in [-0.2, 0) is 6.61 Å². The first kappa shape index (κ1) is 17.7. The molecule has 0 saturated carbocycles. The van der Waals surface area contributed by atoms with E-state index in [1.54, 1.807) is 6.92 Å². The molecule has 0 unspecified atom stereocenters. The number of aromatic nitrogens is 1. The van der Waals surface area contributed by atoms with Crippen LogP contribution in [0.25, 0.3) is 0 Å². The summed E-state index contributed by atoms with van der Waals surface area (Å²) in [6, 6.07) is 13.6. The second kappa shape index (κ2) is 7.44. The Labute approximate surface area is 153 Å². The molecule has 134 valence electrons. The van der Waals surface area contributed by atoms with E-state index in [9.17, 15) is 4.79 Å². The smallest absolute Gasteiger partial charge is 0.278 e. The Balaban J connectivity index is 1.75. The van der Waals surface area contributed by atoms with Crippen LogP contribution in [0.1, 0.15) is 38.5 Å². The van der Waals surface area contributed by atoms with Crippen molar-refractivity contribution in [3.8, 4) is 5.75 Å². The van der Waals surface area contributed by atoms with Crippen LogP contribution in [0, 0.1) is 27.7 Å². The summed E-state index contributed by atoms with van der Waals surface area (Å²) in [5.41, 5.74) is 4.95. The topological polar surface area (TPSA) is 64.4 Å². The average Bonchev–Trinajstić information content (AvgIpc) is 2.94. The summed E-state index contributed by atoms with van der Waals surface area (Å²) in [6.45, 7) is 7.99. The fourth-order valence-electron chi connectivity index (χ4n) is 2.77. The fourth-order valence-corrected chi connectivity index (χ4v) is 2.77. The predicted octanol–water partition coefficient (Wildman–Crippen LogP) is 4.74. The fraction of sp³-hybridized carbons (Fsp3) is 0.238. The van der Waals surface area contributed by atoms with Crippen LogP contribution >= 0.6 is 0 Å². The Morgan fingerprint density at radius 2 is 1.65 bits per heavy atom. The summed E-state index contributed by atoms with van der Waals surface area (Å²) in [7, 11) is 0. The van der Waals surface area contributed by atoms with E-state index < -0.39 is 0 Å². The van der Waals surface area contributed by atoms with Crippen LogP contribution in [0.15, 0.2) is 47.0 Å². The van der Waals surface area contributed by atoms with Gasteiger partial charge in [-0.2, -0.15) is 0 Å². The van der Waals surface area contributed by atoms with Gasteiger partial charge in [0.25, 0.3) is 5.91 Å². The van der Waals surface area contributed by atoms with Crippen molar-refractivity contribution in [3.63, 3.8) is 0 Å². The first-order valence-corrected chi connectivity index (χ1v) is 8.46. The van der Waals surface area contributed by atoms with Crippen molar-refractivity contribution in [2.24, 2.45) is 0 Å². The molecule has 0 radical (unpaired) electrons. The van der Waals surface area contributed by atoms with Crippen LogP contribution in [0.3, 0.4) is 0 Å². The molecule has 3 rings (SSSR count). The second-order valence-corrected chi connectivity index (χ2v) is 6.50. The van der Waals surface area contributed by atoms with Gasteiger partial charge in [-0.1, -0.05) is 28.9 Å². The molecule has 0 fully saturated rings. The van der Waals surface area contributed by atoms with E-state index in [0.717, 1.165) is 28.1 Å². The Bertz CT molecular complexity index is 907. The number of rotatable bonds is 5. The van der Waals surface area contributed by atoms with Crippen molar-refractivity contribution in [1.29, 1.82) is 0 Å². The number of nitrogens with one attached hydrogen (secondary N) is 1. The van der Waals surface area contributed by atoms with E-state index in [1.807, 2.05) is 57.2 Å². The van der Waals surface area contributed by atoms with Crippen LogP contribution < -0.4 is 10.1 Å². The summed E-state index contributed by atoms with van der Waals surface area (Å²) in [5.74, 6) is 0.994. The summed E-state index contributed by atoms with van der Waals surface area (Å²) in [6.07, 6.45) is 0. The van der Waals surface area contributed by atoms with Gasteiger partial charge in [-0.3, -0.25) is 4.79 Å². The van der Waals surface area contributed by atoms with Gasteiger partial charge in [-0.25, -0.2) is 0 Å². The summed E-state index contributed by atoms with van der Waals surface area (Å²) < 4.78 is 11.0. The normalized spacial score (nSPS) is 10.6. The monoisotopic (exact) mass is 350 g/mol. The highest BCUT2D eigenvalue weighted by Gasteiger charge is 2.20. The van der Waals surface area contributed by atoms with Gasteiger partial charge in [0, 0.05) is 5.69 Å². The number of anilines is 1. The number of benzene rings is 2. The SMILES string of the molecule is Cc1ccc(OCc2c(C(=O)Nc3cc(C)cc(C)c3)noc2C)cc1. The molecule has 0 atom stereocenters. The van der Waals surface area contributed by atoms with Crippen molar-refractivity contribution >= 4 is 11.6 Å². The van der Waals surface area contributed by atoms with Crippen LogP contribution in [0.2, 0.25) is 0 Å². The van der Waals surface area contributed by atoms with Gasteiger partial charge in [0.05, 0.1) is 5.56 Å². The first-order valence-electron chi connectivity index (χ1n) is 8.46. The highest BCUT2D eigenvalue weighted by atomic mass is 16.5. The van der Waals surface area contributed by atoms with Gasteiger partial charge in [0.15, 0.2) is 5.69 Å². The third kappa shape index (κ3) is 4.11. The van der Waals surface area contributed by atoms with Gasteiger partial charge in [0.1, 0.15) is 18.1 Å². The quantitative estimate of drug-likeness (QED) is 0.722. The standard InChI is InChI=1S/C21H22N2O3/c1-13-5-7-18(8-6-13)25-12-19-16(4)26-23-20(19)21(24)22-17-10-14(2)9-15(3)11-17/h5-11H,12H2,1-4H3,(H,22,24). The maximum absolute atomic E-state index is 12.6. The molecule has 1 amide bonds. The van der Waals surface area contributed by atoms with E-state index in [0.29, 0.717) is 11.3 Å². The van der Waals surface area contributed by atoms with Crippen LogP contribution in [0.4, 0.5) is 5.69 Å². The number of carbonyl (C=O) groups is 1. The Morgan fingerprint density at radius 1 is 1.00 bits per heavy atom. The maximum Gasteiger partial charge on any atom is 0.278 e. The lowest BCUT2D eigenvalue weighted by Crippen LogP contribution is -2.15. The lowest BCUT2D eigenvalue weighted by Gasteiger charge is -2.09. The molecular weight excluding hydrogens is 328 g/mol. The Kier molecular flexibility index (Phi) is 5.07. The highest BCUT2D eigenvalue weighted by Crippen LogP contribution is 2.20. The average molecular weight is 350 g/mol. The van der Waals surface area contributed by atoms with E-state index in [4.69, 9.17) is 9.26 Å². The minimum absolute atomic E-state index is 0.216. The first-order chi connectivity index (χ1) is 12.4. The maximum atomic E-state index is 12.6. The molecule has 1 N–H and O–H groups in total. The zero-order valence-electron chi connectivity index (χ0n) is 15.4. The molecule has 0 aliphatic carbocycles. The third-order valence-corrected chi connectivity index (χ3v) is 4.08. The largest absolute Gasteiger partial charge is 0.489 e. The van der Waals surface area contributed by atoms with Gasteiger partial charge < -0.3 is 14.6 Å². The van der Waals surface area contributed by atoms with Gasteiger partial charge in [0.2, 0.25) is 0 Å². The lowest BCUT2D eigenvalue weighted by molar-refractivity contribution is 0.101. The lowest BCUT2D eigenvalue weighted by atomic mass is 10.1.